The highest BCUT2D eigenvalue weighted by Gasteiger charge is 2.39. The molecule has 2 fully saturated rings. The summed E-state index contributed by atoms with van der Waals surface area (Å²) in [6, 6.07) is 5.93. The molecular formula is C20H26N2O4. The number of nitrogens with zero attached hydrogens (tertiary/aromatic N) is 1. The lowest BCUT2D eigenvalue weighted by molar-refractivity contribution is -0.151. The van der Waals surface area contributed by atoms with Crippen molar-refractivity contribution < 1.29 is 19.1 Å². The van der Waals surface area contributed by atoms with Crippen LogP contribution in [-0.4, -0.2) is 41.9 Å². The van der Waals surface area contributed by atoms with Gasteiger partial charge in [0.15, 0.2) is 6.61 Å². The maximum atomic E-state index is 12.2. The van der Waals surface area contributed by atoms with E-state index in [-0.39, 0.29) is 30.9 Å². The molecule has 1 N–H and O–H groups in total. The van der Waals surface area contributed by atoms with Gasteiger partial charge in [0.05, 0.1) is 5.92 Å². The Labute approximate surface area is 153 Å². The monoisotopic (exact) mass is 358 g/mol. The highest BCUT2D eigenvalue weighted by Crippen LogP contribution is 2.29. The fourth-order valence-corrected chi connectivity index (χ4v) is 3.79. The second-order valence-electron chi connectivity index (χ2n) is 7.29. The average molecular weight is 358 g/mol. The van der Waals surface area contributed by atoms with Gasteiger partial charge in [0, 0.05) is 24.7 Å². The number of esters is 1. The normalized spacial score (nSPS) is 20.5. The zero-order chi connectivity index (χ0) is 18.7. The summed E-state index contributed by atoms with van der Waals surface area (Å²) in [6.07, 6.45) is 4.51. The van der Waals surface area contributed by atoms with Gasteiger partial charge in [0.2, 0.25) is 5.91 Å². The standard InChI is InChI=1S/C20H26N2O4/c1-13-6-5-9-17(14(13)2)21-18(23)12-26-20(25)15-10-19(24)22(11-15)16-7-3-4-8-16/h5-6,9,15-16H,3-4,7-8,10-12H2,1-2H3,(H,21,23)/t15-/m0/s1. The predicted octanol–water partition coefficient (Wildman–Crippen LogP) is 2.58. The number of anilines is 1. The summed E-state index contributed by atoms with van der Waals surface area (Å²) >= 11 is 0. The molecule has 6 nitrogen and oxygen atoms in total. The van der Waals surface area contributed by atoms with Crippen molar-refractivity contribution in [2.45, 2.75) is 52.0 Å². The first-order valence-electron chi connectivity index (χ1n) is 9.28. The lowest BCUT2D eigenvalue weighted by Crippen LogP contribution is -2.35. The molecule has 0 bridgehead atoms. The second-order valence-corrected chi connectivity index (χ2v) is 7.29. The van der Waals surface area contributed by atoms with Crippen molar-refractivity contribution in [3.05, 3.63) is 29.3 Å². The third kappa shape index (κ3) is 4.06. The molecule has 0 aromatic heterocycles. The van der Waals surface area contributed by atoms with E-state index in [0.717, 1.165) is 42.5 Å². The Morgan fingerprint density at radius 2 is 1.96 bits per heavy atom. The Bertz CT molecular complexity index is 710. The van der Waals surface area contributed by atoms with Crippen LogP contribution in [0.2, 0.25) is 0 Å². The quantitative estimate of drug-likeness (QED) is 0.821. The first-order valence-corrected chi connectivity index (χ1v) is 9.28. The molecule has 140 valence electrons. The van der Waals surface area contributed by atoms with E-state index in [9.17, 15) is 14.4 Å². The molecule has 26 heavy (non-hydrogen) atoms. The van der Waals surface area contributed by atoms with Crippen LogP contribution < -0.4 is 5.32 Å². The van der Waals surface area contributed by atoms with Gasteiger partial charge >= 0.3 is 5.97 Å². The van der Waals surface area contributed by atoms with Gasteiger partial charge in [-0.05, 0) is 43.9 Å². The number of carbonyl (C=O) groups is 3. The average Bonchev–Trinajstić information content (AvgIpc) is 3.26. The minimum atomic E-state index is -0.463. The van der Waals surface area contributed by atoms with Crippen LogP contribution in [0.4, 0.5) is 5.69 Å². The van der Waals surface area contributed by atoms with Crippen LogP contribution in [0.5, 0.6) is 0 Å². The Kier molecular flexibility index (Phi) is 5.59. The summed E-state index contributed by atoms with van der Waals surface area (Å²) < 4.78 is 5.16. The zero-order valence-corrected chi connectivity index (χ0v) is 15.4. The molecule has 1 heterocycles. The Hall–Kier alpha value is -2.37. The summed E-state index contributed by atoms with van der Waals surface area (Å²) in [5, 5.41) is 2.77. The van der Waals surface area contributed by atoms with Crippen molar-refractivity contribution in [3.8, 4) is 0 Å². The highest BCUT2D eigenvalue weighted by atomic mass is 16.5. The van der Waals surface area contributed by atoms with E-state index >= 15 is 0 Å². The number of likely N-dealkylation sites (tertiary alicyclic amines) is 1. The molecule has 1 atom stereocenters. The Morgan fingerprint density at radius 1 is 1.23 bits per heavy atom. The third-order valence-corrected chi connectivity index (χ3v) is 5.48. The van der Waals surface area contributed by atoms with E-state index in [0.29, 0.717) is 6.54 Å². The SMILES string of the molecule is Cc1cccc(NC(=O)COC(=O)[C@H]2CC(=O)N(C3CCCC3)C2)c1C. The molecule has 1 saturated heterocycles. The van der Waals surface area contributed by atoms with Crippen LogP contribution in [0.1, 0.15) is 43.2 Å². The lowest BCUT2D eigenvalue weighted by atomic mass is 10.1. The van der Waals surface area contributed by atoms with Gasteiger partial charge in [-0.1, -0.05) is 25.0 Å². The number of ether oxygens (including phenoxy) is 1. The van der Waals surface area contributed by atoms with Crippen molar-refractivity contribution in [1.29, 1.82) is 0 Å². The molecule has 0 radical (unpaired) electrons. The molecule has 0 unspecified atom stereocenters. The fraction of sp³-hybridized carbons (Fsp3) is 0.550. The minimum Gasteiger partial charge on any atom is -0.455 e. The molecule has 2 amide bonds. The number of nitrogens with one attached hydrogen (secondary N) is 1. The molecule has 0 spiro atoms. The number of hydrogen-bond donors (Lipinski definition) is 1. The van der Waals surface area contributed by atoms with Crippen molar-refractivity contribution in [1.82, 2.24) is 4.90 Å². The molecule has 1 aliphatic heterocycles. The molecular weight excluding hydrogens is 332 g/mol. The van der Waals surface area contributed by atoms with Crippen LogP contribution in [0.25, 0.3) is 0 Å². The largest absolute Gasteiger partial charge is 0.455 e. The van der Waals surface area contributed by atoms with Crippen molar-refractivity contribution in [2.75, 3.05) is 18.5 Å². The van der Waals surface area contributed by atoms with Crippen molar-refractivity contribution >= 4 is 23.5 Å². The lowest BCUT2D eigenvalue weighted by Gasteiger charge is -2.23. The van der Waals surface area contributed by atoms with Gasteiger partial charge in [0.25, 0.3) is 5.91 Å². The zero-order valence-electron chi connectivity index (χ0n) is 15.4. The molecule has 1 saturated carbocycles. The Morgan fingerprint density at radius 3 is 2.69 bits per heavy atom. The van der Waals surface area contributed by atoms with E-state index < -0.39 is 11.9 Å². The maximum Gasteiger partial charge on any atom is 0.311 e. The smallest absolute Gasteiger partial charge is 0.311 e. The molecule has 1 aromatic carbocycles. The van der Waals surface area contributed by atoms with Crippen molar-refractivity contribution in [2.24, 2.45) is 5.92 Å². The summed E-state index contributed by atoms with van der Waals surface area (Å²) in [6.45, 7) is 3.98. The maximum absolute atomic E-state index is 12.2. The summed E-state index contributed by atoms with van der Waals surface area (Å²) in [7, 11) is 0. The van der Waals surface area contributed by atoms with E-state index in [4.69, 9.17) is 4.74 Å². The van der Waals surface area contributed by atoms with E-state index in [2.05, 4.69) is 5.32 Å². The highest BCUT2D eigenvalue weighted by molar-refractivity contribution is 5.94. The summed E-state index contributed by atoms with van der Waals surface area (Å²) in [5.41, 5.74) is 2.78. The topological polar surface area (TPSA) is 75.7 Å². The summed E-state index contributed by atoms with van der Waals surface area (Å²) in [4.78, 5) is 38.3. The third-order valence-electron chi connectivity index (χ3n) is 5.48. The number of benzene rings is 1. The van der Waals surface area contributed by atoms with Gasteiger partial charge in [-0.15, -0.1) is 0 Å². The van der Waals surface area contributed by atoms with Crippen LogP contribution >= 0.6 is 0 Å². The van der Waals surface area contributed by atoms with Gasteiger partial charge in [0.1, 0.15) is 0 Å². The van der Waals surface area contributed by atoms with Gasteiger partial charge in [-0.2, -0.15) is 0 Å². The fourth-order valence-electron chi connectivity index (χ4n) is 3.79. The number of rotatable bonds is 5. The number of amides is 2. The van der Waals surface area contributed by atoms with Gasteiger partial charge in [-0.3, -0.25) is 14.4 Å². The van der Waals surface area contributed by atoms with E-state index in [1.807, 2.05) is 36.9 Å². The van der Waals surface area contributed by atoms with E-state index in [1.165, 1.54) is 0 Å². The number of aryl methyl sites for hydroxylation is 1. The molecule has 3 rings (SSSR count). The number of carbonyl (C=O) groups excluding carboxylic acids is 3. The molecule has 2 aliphatic rings. The van der Waals surface area contributed by atoms with Crippen LogP contribution in [0, 0.1) is 19.8 Å². The minimum absolute atomic E-state index is 0.0266. The first kappa shape index (κ1) is 18.4. The van der Waals surface area contributed by atoms with Gasteiger partial charge < -0.3 is 15.0 Å². The van der Waals surface area contributed by atoms with Crippen LogP contribution in [0.3, 0.4) is 0 Å². The summed E-state index contributed by atoms with van der Waals surface area (Å²) in [5.74, 6) is -1.27. The van der Waals surface area contributed by atoms with E-state index in [1.54, 1.807) is 0 Å². The molecule has 1 aromatic rings. The first-order chi connectivity index (χ1) is 12.5. The number of hydrogen-bond acceptors (Lipinski definition) is 4. The van der Waals surface area contributed by atoms with Crippen LogP contribution in [-0.2, 0) is 19.1 Å². The predicted molar refractivity (Wildman–Crippen MR) is 97.6 cm³/mol. The molecule has 1 aliphatic carbocycles. The molecule has 6 heteroatoms. The van der Waals surface area contributed by atoms with Crippen LogP contribution in [0.15, 0.2) is 18.2 Å². The Balaban J connectivity index is 1.48. The second kappa shape index (κ2) is 7.89. The van der Waals surface area contributed by atoms with Crippen molar-refractivity contribution in [3.63, 3.8) is 0 Å². The van der Waals surface area contributed by atoms with Gasteiger partial charge in [-0.25, -0.2) is 0 Å².